The van der Waals surface area contributed by atoms with Crippen LogP contribution in [-0.4, -0.2) is 10.9 Å². The minimum absolute atomic E-state index is 0.605. The van der Waals surface area contributed by atoms with Gasteiger partial charge in [-0.15, -0.1) is 22.9 Å². The molecule has 0 N–H and O–H groups in total. The number of rotatable bonds is 4. The molecule has 12 heavy (non-hydrogen) atoms. The normalized spacial score (nSPS) is 13.2. The van der Waals surface area contributed by atoms with E-state index in [0.29, 0.717) is 5.92 Å². The Balaban J connectivity index is 2.33. The van der Waals surface area contributed by atoms with E-state index in [9.17, 15) is 0 Å². The van der Waals surface area contributed by atoms with Crippen LogP contribution in [0.2, 0.25) is 0 Å². The fraction of sp³-hybridized carbons (Fsp3) is 0.667. The molecule has 0 bridgehead atoms. The molecular formula is C9H14ClNS. The number of hydrogen-bond acceptors (Lipinski definition) is 2. The second-order valence-corrected chi connectivity index (χ2v) is 4.53. The molecule has 1 atom stereocenters. The molecule has 0 saturated carbocycles. The number of aromatic nitrogens is 1. The zero-order valence-electron chi connectivity index (χ0n) is 7.51. The Hall–Kier alpha value is -0.0800. The van der Waals surface area contributed by atoms with E-state index in [2.05, 4.69) is 17.3 Å². The Kier molecular flexibility index (Phi) is 4.02. The molecule has 0 fully saturated rings. The molecule has 0 aliphatic heterocycles. The van der Waals surface area contributed by atoms with Gasteiger partial charge in [-0.25, -0.2) is 4.98 Å². The molecule has 0 aliphatic carbocycles. The Morgan fingerprint density at radius 3 is 2.92 bits per heavy atom. The molecule has 3 heteroatoms. The van der Waals surface area contributed by atoms with Gasteiger partial charge in [0.2, 0.25) is 0 Å². The van der Waals surface area contributed by atoms with E-state index in [4.69, 9.17) is 11.6 Å². The molecule has 1 nitrogen and oxygen atoms in total. The smallest absolute Gasteiger partial charge is 0.0897 e. The minimum Gasteiger partial charge on any atom is -0.247 e. The van der Waals surface area contributed by atoms with Crippen molar-refractivity contribution in [2.45, 2.75) is 26.7 Å². The molecule has 0 amide bonds. The van der Waals surface area contributed by atoms with Crippen LogP contribution in [0.25, 0.3) is 0 Å². The van der Waals surface area contributed by atoms with E-state index < -0.39 is 0 Å². The third-order valence-corrected chi connectivity index (χ3v) is 3.17. The number of aryl methyl sites for hydroxylation is 2. The summed E-state index contributed by atoms with van der Waals surface area (Å²) in [6, 6.07) is 0. The first kappa shape index (κ1) is 10.0. The van der Waals surface area contributed by atoms with Crippen molar-refractivity contribution >= 4 is 22.9 Å². The van der Waals surface area contributed by atoms with E-state index in [1.54, 1.807) is 11.3 Å². The van der Waals surface area contributed by atoms with Crippen molar-refractivity contribution in [2.75, 3.05) is 5.88 Å². The van der Waals surface area contributed by atoms with E-state index >= 15 is 0 Å². The highest BCUT2D eigenvalue weighted by Gasteiger charge is 2.02. The summed E-state index contributed by atoms with van der Waals surface area (Å²) in [4.78, 5) is 4.39. The van der Waals surface area contributed by atoms with Crippen LogP contribution in [0, 0.1) is 12.8 Å². The van der Waals surface area contributed by atoms with Crippen LogP contribution in [0.4, 0.5) is 0 Å². The van der Waals surface area contributed by atoms with Crippen LogP contribution in [0.1, 0.15) is 24.0 Å². The van der Waals surface area contributed by atoms with Gasteiger partial charge in [0, 0.05) is 11.3 Å². The summed E-state index contributed by atoms with van der Waals surface area (Å²) in [6.45, 7) is 4.21. The zero-order valence-corrected chi connectivity index (χ0v) is 9.08. The topological polar surface area (TPSA) is 12.9 Å². The summed E-state index contributed by atoms with van der Waals surface area (Å²) in [5, 5.41) is 3.29. The highest BCUT2D eigenvalue weighted by atomic mass is 35.5. The molecule has 1 aromatic rings. The maximum atomic E-state index is 5.71. The first-order valence-corrected chi connectivity index (χ1v) is 5.60. The highest BCUT2D eigenvalue weighted by Crippen LogP contribution is 2.13. The summed E-state index contributed by atoms with van der Waals surface area (Å²) < 4.78 is 0. The van der Waals surface area contributed by atoms with E-state index in [1.807, 2.05) is 6.92 Å². The molecule has 0 aliphatic rings. The van der Waals surface area contributed by atoms with Gasteiger partial charge in [-0.3, -0.25) is 0 Å². The SMILES string of the molecule is Cc1nc(CCC(C)CCl)cs1. The van der Waals surface area contributed by atoms with Gasteiger partial charge >= 0.3 is 0 Å². The fourth-order valence-corrected chi connectivity index (χ4v) is 1.80. The van der Waals surface area contributed by atoms with Crippen molar-refractivity contribution in [2.24, 2.45) is 5.92 Å². The van der Waals surface area contributed by atoms with Crippen LogP contribution >= 0.6 is 22.9 Å². The monoisotopic (exact) mass is 203 g/mol. The molecule has 1 heterocycles. The Bertz CT molecular complexity index is 234. The standard InChI is InChI=1S/C9H14ClNS/c1-7(5-10)3-4-9-6-12-8(2)11-9/h6-7H,3-5H2,1-2H3. The maximum absolute atomic E-state index is 5.71. The second-order valence-electron chi connectivity index (χ2n) is 3.16. The van der Waals surface area contributed by atoms with Crippen molar-refractivity contribution in [3.8, 4) is 0 Å². The van der Waals surface area contributed by atoms with Crippen molar-refractivity contribution in [1.29, 1.82) is 0 Å². The molecule has 1 aromatic heterocycles. The van der Waals surface area contributed by atoms with Gasteiger partial charge in [0.1, 0.15) is 0 Å². The summed E-state index contributed by atoms with van der Waals surface area (Å²) in [6.07, 6.45) is 2.21. The number of alkyl halides is 1. The van der Waals surface area contributed by atoms with Gasteiger partial charge in [-0.2, -0.15) is 0 Å². The summed E-state index contributed by atoms with van der Waals surface area (Å²) in [5.41, 5.74) is 1.22. The fourth-order valence-electron chi connectivity index (χ4n) is 0.994. The minimum atomic E-state index is 0.605. The number of halogens is 1. The van der Waals surface area contributed by atoms with E-state index in [0.717, 1.165) is 23.7 Å². The third-order valence-electron chi connectivity index (χ3n) is 1.82. The van der Waals surface area contributed by atoms with Crippen molar-refractivity contribution in [3.05, 3.63) is 16.1 Å². The van der Waals surface area contributed by atoms with Crippen LogP contribution < -0.4 is 0 Å². The van der Waals surface area contributed by atoms with Gasteiger partial charge < -0.3 is 0 Å². The van der Waals surface area contributed by atoms with Crippen molar-refractivity contribution < 1.29 is 0 Å². The van der Waals surface area contributed by atoms with Crippen molar-refractivity contribution in [1.82, 2.24) is 4.98 Å². The molecule has 1 rings (SSSR count). The van der Waals surface area contributed by atoms with Crippen LogP contribution in [0.15, 0.2) is 5.38 Å². The predicted octanol–water partition coefficient (Wildman–Crippen LogP) is 3.26. The summed E-state index contributed by atoms with van der Waals surface area (Å²) >= 11 is 7.43. The Labute approximate surface area is 82.8 Å². The third kappa shape index (κ3) is 3.11. The van der Waals surface area contributed by atoms with Crippen LogP contribution in [0.3, 0.4) is 0 Å². The first-order chi connectivity index (χ1) is 5.72. The quantitative estimate of drug-likeness (QED) is 0.685. The molecule has 0 spiro atoms. The van der Waals surface area contributed by atoms with Crippen LogP contribution in [0.5, 0.6) is 0 Å². The molecule has 0 radical (unpaired) electrons. The number of thiazole rings is 1. The van der Waals surface area contributed by atoms with Gasteiger partial charge in [-0.05, 0) is 25.7 Å². The van der Waals surface area contributed by atoms with Gasteiger partial charge in [0.05, 0.1) is 10.7 Å². The number of hydrogen-bond donors (Lipinski definition) is 0. The second kappa shape index (κ2) is 4.83. The Morgan fingerprint density at radius 2 is 2.42 bits per heavy atom. The average Bonchev–Trinajstić information content (AvgIpc) is 2.47. The predicted molar refractivity (Wildman–Crippen MR) is 55.1 cm³/mol. The van der Waals surface area contributed by atoms with E-state index in [-0.39, 0.29) is 0 Å². The summed E-state index contributed by atoms with van der Waals surface area (Å²) in [5.74, 6) is 1.36. The number of nitrogens with zero attached hydrogens (tertiary/aromatic N) is 1. The Morgan fingerprint density at radius 1 is 1.67 bits per heavy atom. The highest BCUT2D eigenvalue weighted by molar-refractivity contribution is 7.09. The molecule has 0 aromatic carbocycles. The molecule has 1 unspecified atom stereocenters. The maximum Gasteiger partial charge on any atom is 0.0897 e. The van der Waals surface area contributed by atoms with Gasteiger partial charge in [0.25, 0.3) is 0 Å². The lowest BCUT2D eigenvalue weighted by molar-refractivity contribution is 0.588. The molecule has 68 valence electrons. The molecule has 0 saturated heterocycles. The van der Waals surface area contributed by atoms with Crippen molar-refractivity contribution in [3.63, 3.8) is 0 Å². The lowest BCUT2D eigenvalue weighted by Gasteiger charge is -2.03. The van der Waals surface area contributed by atoms with Crippen LogP contribution in [-0.2, 0) is 6.42 Å². The summed E-state index contributed by atoms with van der Waals surface area (Å²) in [7, 11) is 0. The first-order valence-electron chi connectivity index (χ1n) is 4.19. The average molecular weight is 204 g/mol. The zero-order chi connectivity index (χ0) is 8.97. The largest absolute Gasteiger partial charge is 0.247 e. The molecular weight excluding hydrogens is 190 g/mol. The lowest BCUT2D eigenvalue weighted by Crippen LogP contribution is -1.98. The van der Waals surface area contributed by atoms with Gasteiger partial charge in [0.15, 0.2) is 0 Å². The van der Waals surface area contributed by atoms with Gasteiger partial charge in [-0.1, -0.05) is 6.92 Å². The lowest BCUT2D eigenvalue weighted by atomic mass is 10.1. The van der Waals surface area contributed by atoms with E-state index in [1.165, 1.54) is 5.69 Å².